The molecule has 3 nitrogen and oxygen atoms in total. The quantitative estimate of drug-likeness (QED) is 0.824. The molecule has 2 atom stereocenters. The van der Waals surface area contributed by atoms with Crippen molar-refractivity contribution in [3.8, 4) is 0 Å². The van der Waals surface area contributed by atoms with Crippen LogP contribution < -0.4 is 0 Å². The van der Waals surface area contributed by atoms with Crippen LogP contribution in [0, 0.1) is 11.8 Å². The van der Waals surface area contributed by atoms with Crippen LogP contribution in [0.1, 0.15) is 35.4 Å². The fourth-order valence-corrected chi connectivity index (χ4v) is 3.07. The molecule has 1 aliphatic carbocycles. The Morgan fingerprint density at radius 1 is 1.25 bits per heavy atom. The van der Waals surface area contributed by atoms with Gasteiger partial charge in [0.15, 0.2) is 5.78 Å². The van der Waals surface area contributed by atoms with Gasteiger partial charge >= 0.3 is 5.97 Å². The van der Waals surface area contributed by atoms with Gasteiger partial charge in [0.05, 0.1) is 10.8 Å². The van der Waals surface area contributed by atoms with Gasteiger partial charge in [-0.15, -0.1) is 11.3 Å². The van der Waals surface area contributed by atoms with E-state index in [-0.39, 0.29) is 11.7 Å². The summed E-state index contributed by atoms with van der Waals surface area (Å²) in [6, 6.07) is 3.61. The minimum atomic E-state index is -0.824. The normalized spacial score (nSPS) is 25.2. The largest absolute Gasteiger partial charge is 0.481 e. The Morgan fingerprint density at radius 2 is 1.94 bits per heavy atom. The van der Waals surface area contributed by atoms with Crippen LogP contribution in [0.3, 0.4) is 0 Å². The molecule has 1 aromatic heterocycles. The second-order valence-corrected chi connectivity index (χ2v) is 5.12. The number of rotatable bonds is 3. The second-order valence-electron chi connectivity index (χ2n) is 4.18. The zero-order valence-electron chi connectivity index (χ0n) is 8.89. The van der Waals surface area contributed by atoms with Crippen molar-refractivity contribution in [2.45, 2.75) is 25.7 Å². The molecule has 0 saturated heterocycles. The summed E-state index contributed by atoms with van der Waals surface area (Å²) in [4.78, 5) is 23.9. The Balaban J connectivity index is 2.17. The van der Waals surface area contributed by atoms with Crippen molar-refractivity contribution in [1.29, 1.82) is 0 Å². The maximum atomic E-state index is 12.1. The van der Waals surface area contributed by atoms with Crippen LogP contribution in [-0.2, 0) is 4.79 Å². The van der Waals surface area contributed by atoms with Gasteiger partial charge in [-0.05, 0) is 24.3 Å². The molecule has 0 aromatic carbocycles. The van der Waals surface area contributed by atoms with Crippen molar-refractivity contribution in [3.63, 3.8) is 0 Å². The van der Waals surface area contributed by atoms with E-state index in [0.29, 0.717) is 17.7 Å². The molecule has 1 heterocycles. The average Bonchev–Trinajstić information content (AvgIpc) is 2.81. The molecule has 86 valence electrons. The average molecular weight is 238 g/mol. The molecule has 1 fully saturated rings. The third-order valence-corrected chi connectivity index (χ3v) is 4.07. The predicted octanol–water partition coefficient (Wildman–Crippen LogP) is 2.82. The number of ketones is 1. The summed E-state index contributed by atoms with van der Waals surface area (Å²) in [5.74, 6) is -1.61. The molecule has 1 saturated carbocycles. The molecule has 1 N–H and O–H groups in total. The Morgan fingerprint density at radius 3 is 2.50 bits per heavy atom. The first-order valence-electron chi connectivity index (χ1n) is 5.50. The van der Waals surface area contributed by atoms with Crippen LogP contribution in [0.4, 0.5) is 0 Å². The van der Waals surface area contributed by atoms with Crippen LogP contribution in [0.2, 0.25) is 0 Å². The highest BCUT2D eigenvalue weighted by molar-refractivity contribution is 7.12. The summed E-state index contributed by atoms with van der Waals surface area (Å²) in [5.41, 5.74) is 0. The molecular weight excluding hydrogens is 224 g/mol. The van der Waals surface area contributed by atoms with Gasteiger partial charge in [0, 0.05) is 5.92 Å². The lowest BCUT2D eigenvalue weighted by Crippen LogP contribution is -2.32. The van der Waals surface area contributed by atoms with E-state index in [1.165, 1.54) is 11.3 Å². The third-order valence-electron chi connectivity index (χ3n) is 3.18. The van der Waals surface area contributed by atoms with Gasteiger partial charge in [-0.2, -0.15) is 0 Å². The lowest BCUT2D eigenvalue weighted by Gasteiger charge is -2.26. The Bertz CT molecular complexity index is 383. The number of thiophene rings is 1. The van der Waals surface area contributed by atoms with Crippen LogP contribution in [-0.4, -0.2) is 16.9 Å². The zero-order chi connectivity index (χ0) is 11.5. The minimum absolute atomic E-state index is 0.0158. The molecule has 0 amide bonds. The summed E-state index contributed by atoms with van der Waals surface area (Å²) in [5, 5.41) is 11.0. The lowest BCUT2D eigenvalue weighted by atomic mass is 9.76. The first-order valence-corrected chi connectivity index (χ1v) is 6.38. The summed E-state index contributed by atoms with van der Waals surface area (Å²) in [6.07, 6.45) is 3.24. The van der Waals surface area contributed by atoms with Crippen molar-refractivity contribution in [1.82, 2.24) is 0 Å². The number of aliphatic carboxylic acids is 1. The first-order chi connectivity index (χ1) is 7.70. The van der Waals surface area contributed by atoms with Gasteiger partial charge in [0.2, 0.25) is 0 Å². The molecule has 0 spiro atoms. The van der Waals surface area contributed by atoms with Crippen LogP contribution in [0.5, 0.6) is 0 Å². The van der Waals surface area contributed by atoms with Crippen molar-refractivity contribution in [2.75, 3.05) is 0 Å². The summed E-state index contributed by atoms with van der Waals surface area (Å²) >= 11 is 1.40. The Kier molecular flexibility index (Phi) is 3.39. The molecule has 1 aliphatic rings. The summed E-state index contributed by atoms with van der Waals surface area (Å²) in [6.45, 7) is 0. The number of hydrogen-bond acceptors (Lipinski definition) is 3. The van der Waals surface area contributed by atoms with E-state index in [2.05, 4.69) is 0 Å². The van der Waals surface area contributed by atoms with Crippen molar-refractivity contribution >= 4 is 23.1 Å². The predicted molar refractivity (Wildman–Crippen MR) is 61.7 cm³/mol. The van der Waals surface area contributed by atoms with E-state index in [1.807, 2.05) is 11.4 Å². The topological polar surface area (TPSA) is 54.4 Å². The van der Waals surface area contributed by atoms with E-state index in [9.17, 15) is 9.59 Å². The van der Waals surface area contributed by atoms with E-state index in [4.69, 9.17) is 5.11 Å². The fraction of sp³-hybridized carbons (Fsp3) is 0.500. The highest BCUT2D eigenvalue weighted by Crippen LogP contribution is 2.33. The molecule has 0 unspecified atom stereocenters. The molecule has 0 aliphatic heterocycles. The first kappa shape index (κ1) is 11.3. The van der Waals surface area contributed by atoms with Gasteiger partial charge in [-0.25, -0.2) is 0 Å². The number of carbonyl (C=O) groups is 2. The van der Waals surface area contributed by atoms with Gasteiger partial charge in [-0.1, -0.05) is 18.9 Å². The maximum Gasteiger partial charge on any atom is 0.307 e. The number of carboxylic acid groups (broad SMARTS) is 1. The van der Waals surface area contributed by atoms with Crippen LogP contribution in [0.25, 0.3) is 0 Å². The van der Waals surface area contributed by atoms with Gasteiger partial charge in [0.1, 0.15) is 0 Å². The number of Topliss-reactive ketones (excluding diaryl/α,β-unsaturated/α-hetero) is 1. The van der Waals surface area contributed by atoms with Crippen molar-refractivity contribution < 1.29 is 14.7 Å². The van der Waals surface area contributed by atoms with Crippen LogP contribution >= 0.6 is 11.3 Å². The smallest absolute Gasteiger partial charge is 0.307 e. The van der Waals surface area contributed by atoms with E-state index in [1.54, 1.807) is 6.07 Å². The SMILES string of the molecule is O=C(O)[C@H]1CCCC[C@H]1C(=O)c1cccs1. The van der Waals surface area contributed by atoms with Gasteiger partial charge in [-0.3, -0.25) is 9.59 Å². The standard InChI is InChI=1S/C12H14O3S/c13-11(10-6-3-7-16-10)8-4-1-2-5-9(8)12(14)15/h3,6-9H,1-2,4-5H2,(H,14,15)/t8-,9+/m1/s1. The second kappa shape index (κ2) is 4.78. The summed E-state index contributed by atoms with van der Waals surface area (Å²) in [7, 11) is 0. The van der Waals surface area contributed by atoms with Gasteiger partial charge < -0.3 is 5.11 Å². The Hall–Kier alpha value is -1.16. The number of carboxylic acids is 1. The molecule has 16 heavy (non-hydrogen) atoms. The van der Waals surface area contributed by atoms with E-state index in [0.717, 1.165) is 12.8 Å². The molecular formula is C12H14O3S. The number of carbonyl (C=O) groups excluding carboxylic acids is 1. The fourth-order valence-electron chi connectivity index (χ4n) is 2.34. The van der Waals surface area contributed by atoms with Crippen molar-refractivity contribution in [2.24, 2.45) is 11.8 Å². The highest BCUT2D eigenvalue weighted by Gasteiger charge is 2.36. The molecule has 0 radical (unpaired) electrons. The number of hydrogen-bond donors (Lipinski definition) is 1. The molecule has 4 heteroatoms. The summed E-state index contributed by atoms with van der Waals surface area (Å²) < 4.78 is 0. The molecule has 2 rings (SSSR count). The Labute approximate surface area is 98.1 Å². The lowest BCUT2D eigenvalue weighted by molar-refractivity contribution is -0.144. The van der Waals surface area contributed by atoms with Crippen molar-refractivity contribution in [3.05, 3.63) is 22.4 Å². The van der Waals surface area contributed by atoms with Gasteiger partial charge in [0.25, 0.3) is 0 Å². The molecule has 1 aromatic rings. The van der Waals surface area contributed by atoms with Crippen LogP contribution in [0.15, 0.2) is 17.5 Å². The van der Waals surface area contributed by atoms with E-state index < -0.39 is 11.9 Å². The minimum Gasteiger partial charge on any atom is -0.481 e. The zero-order valence-corrected chi connectivity index (χ0v) is 9.70. The highest BCUT2D eigenvalue weighted by atomic mass is 32.1. The maximum absolute atomic E-state index is 12.1. The third kappa shape index (κ3) is 2.16. The monoisotopic (exact) mass is 238 g/mol. The molecule has 0 bridgehead atoms. The van der Waals surface area contributed by atoms with E-state index >= 15 is 0 Å².